The van der Waals surface area contributed by atoms with Gasteiger partial charge in [-0.2, -0.15) is 0 Å². The normalized spacial score (nSPS) is 12.8. The van der Waals surface area contributed by atoms with Gasteiger partial charge in [-0.3, -0.25) is 0 Å². The van der Waals surface area contributed by atoms with Gasteiger partial charge in [-0.25, -0.2) is 0 Å². The van der Waals surface area contributed by atoms with Crippen molar-refractivity contribution in [2.24, 2.45) is 0 Å². The minimum absolute atomic E-state index is 0.0608. The third-order valence-electron chi connectivity index (χ3n) is 7.58. The van der Waals surface area contributed by atoms with Crippen molar-refractivity contribution in [1.29, 1.82) is 0 Å². The minimum Gasteiger partial charge on any atom is -0.372 e. The third-order valence-corrected chi connectivity index (χ3v) is 7.58. The van der Waals surface area contributed by atoms with E-state index in [-0.39, 0.29) is 12.5 Å². The van der Waals surface area contributed by atoms with Crippen LogP contribution in [0.1, 0.15) is 111 Å². The van der Waals surface area contributed by atoms with Crippen molar-refractivity contribution in [3.8, 4) is 0 Å². The number of benzene rings is 2. The van der Waals surface area contributed by atoms with Crippen LogP contribution in [0.15, 0.2) is 42.5 Å². The average molecular weight is 554 g/mol. The molecule has 0 saturated heterocycles. The molecule has 2 atom stereocenters. The molecule has 5 heteroatoms. The number of aryl methyl sites for hydroxylation is 1. The SMILES string of the molecule is CCCCCN(CCCCC)c1ccc(Nc2ccc(N(C(C)OCCCC)C(C)OCCCC)cc2)c(C)c1. The van der Waals surface area contributed by atoms with Crippen molar-refractivity contribution in [3.63, 3.8) is 0 Å². The first-order valence-corrected chi connectivity index (χ1v) is 16.2. The van der Waals surface area contributed by atoms with Crippen LogP contribution in [0.5, 0.6) is 0 Å². The first-order valence-electron chi connectivity index (χ1n) is 16.2. The fourth-order valence-electron chi connectivity index (χ4n) is 5.01. The van der Waals surface area contributed by atoms with Gasteiger partial charge in [0.15, 0.2) is 0 Å². The molecule has 0 bridgehead atoms. The van der Waals surface area contributed by atoms with Crippen LogP contribution < -0.4 is 15.1 Å². The number of hydrogen-bond donors (Lipinski definition) is 1. The van der Waals surface area contributed by atoms with E-state index < -0.39 is 0 Å². The Morgan fingerprint density at radius 3 is 1.62 bits per heavy atom. The van der Waals surface area contributed by atoms with Gasteiger partial charge in [-0.05, 0) is 94.5 Å². The Balaban J connectivity index is 2.14. The van der Waals surface area contributed by atoms with E-state index in [0.717, 1.165) is 69.0 Å². The second-order valence-corrected chi connectivity index (χ2v) is 11.1. The van der Waals surface area contributed by atoms with E-state index in [1.165, 1.54) is 49.8 Å². The molecule has 226 valence electrons. The van der Waals surface area contributed by atoms with Crippen LogP contribution in [0.3, 0.4) is 0 Å². The first kappa shape index (κ1) is 34.0. The molecule has 0 aliphatic rings. The van der Waals surface area contributed by atoms with E-state index in [9.17, 15) is 0 Å². The standard InChI is InChI=1S/C35H59N3O2/c1-8-12-16-24-37(25-17-13-9-2)34-22-23-35(29(5)28-34)36-32-18-20-33(21-19-32)38(30(6)39-26-14-10-3)31(7)40-27-15-11-4/h18-23,28,30-31,36H,8-17,24-27H2,1-7H3. The zero-order valence-electron chi connectivity index (χ0n) is 26.8. The fraction of sp³-hybridized carbons (Fsp3) is 0.657. The molecule has 0 saturated carbocycles. The summed E-state index contributed by atoms with van der Waals surface area (Å²) >= 11 is 0. The molecule has 2 unspecified atom stereocenters. The summed E-state index contributed by atoms with van der Waals surface area (Å²) in [7, 11) is 0. The first-order chi connectivity index (χ1) is 19.4. The maximum atomic E-state index is 6.19. The molecule has 0 aromatic heterocycles. The molecule has 0 aliphatic carbocycles. The van der Waals surface area contributed by atoms with Gasteiger partial charge in [0.1, 0.15) is 12.5 Å². The fourth-order valence-corrected chi connectivity index (χ4v) is 5.01. The van der Waals surface area contributed by atoms with Crippen LogP contribution in [0.2, 0.25) is 0 Å². The van der Waals surface area contributed by atoms with Crippen LogP contribution in [-0.4, -0.2) is 38.8 Å². The Kier molecular flexibility index (Phi) is 16.8. The summed E-state index contributed by atoms with van der Waals surface area (Å²) in [6.07, 6.45) is 11.9. The lowest BCUT2D eigenvalue weighted by Gasteiger charge is -2.36. The molecule has 40 heavy (non-hydrogen) atoms. The van der Waals surface area contributed by atoms with E-state index in [1.807, 2.05) is 0 Å². The van der Waals surface area contributed by atoms with Crippen molar-refractivity contribution >= 4 is 22.7 Å². The number of anilines is 4. The monoisotopic (exact) mass is 553 g/mol. The van der Waals surface area contributed by atoms with Gasteiger partial charge in [-0.15, -0.1) is 0 Å². The molecule has 2 aromatic carbocycles. The van der Waals surface area contributed by atoms with Crippen molar-refractivity contribution in [2.75, 3.05) is 41.4 Å². The summed E-state index contributed by atoms with van der Waals surface area (Å²) in [5.41, 5.74) is 5.97. The van der Waals surface area contributed by atoms with E-state index in [2.05, 4.69) is 106 Å². The van der Waals surface area contributed by atoms with E-state index in [4.69, 9.17) is 9.47 Å². The molecule has 0 spiro atoms. The lowest BCUT2D eigenvalue weighted by Crippen LogP contribution is -2.43. The van der Waals surface area contributed by atoms with Crippen LogP contribution >= 0.6 is 0 Å². The van der Waals surface area contributed by atoms with E-state index in [1.54, 1.807) is 0 Å². The van der Waals surface area contributed by atoms with Crippen LogP contribution in [0, 0.1) is 6.92 Å². The zero-order chi connectivity index (χ0) is 29.2. The summed E-state index contributed by atoms with van der Waals surface area (Å²) in [5.74, 6) is 0. The van der Waals surface area contributed by atoms with Crippen molar-refractivity contribution in [1.82, 2.24) is 0 Å². The summed E-state index contributed by atoms with van der Waals surface area (Å²) in [4.78, 5) is 4.83. The Bertz CT molecular complexity index is 891. The van der Waals surface area contributed by atoms with Crippen molar-refractivity contribution in [2.45, 2.75) is 125 Å². The quantitative estimate of drug-likeness (QED) is 0.116. The Morgan fingerprint density at radius 1 is 0.650 bits per heavy atom. The highest BCUT2D eigenvalue weighted by atomic mass is 16.5. The summed E-state index contributed by atoms with van der Waals surface area (Å²) in [6.45, 7) is 19.2. The van der Waals surface area contributed by atoms with Crippen molar-refractivity contribution in [3.05, 3.63) is 48.0 Å². The molecule has 0 amide bonds. The van der Waals surface area contributed by atoms with Gasteiger partial charge < -0.3 is 24.6 Å². The highest BCUT2D eigenvalue weighted by Crippen LogP contribution is 2.29. The highest BCUT2D eigenvalue weighted by molar-refractivity contribution is 5.68. The molecule has 1 N–H and O–H groups in total. The van der Waals surface area contributed by atoms with E-state index >= 15 is 0 Å². The van der Waals surface area contributed by atoms with Crippen LogP contribution in [0.4, 0.5) is 22.7 Å². The Morgan fingerprint density at radius 2 is 1.15 bits per heavy atom. The Hall–Kier alpha value is -2.24. The predicted octanol–water partition coefficient (Wildman–Crippen LogP) is 10.1. The lowest BCUT2D eigenvalue weighted by atomic mass is 10.1. The van der Waals surface area contributed by atoms with Gasteiger partial charge in [-0.1, -0.05) is 66.2 Å². The van der Waals surface area contributed by atoms with Crippen LogP contribution in [-0.2, 0) is 9.47 Å². The predicted molar refractivity (Wildman–Crippen MR) is 175 cm³/mol. The smallest absolute Gasteiger partial charge is 0.129 e. The van der Waals surface area contributed by atoms with Gasteiger partial charge in [0, 0.05) is 49.1 Å². The molecule has 5 nitrogen and oxygen atoms in total. The number of ether oxygens (including phenoxy) is 2. The van der Waals surface area contributed by atoms with Crippen LogP contribution in [0.25, 0.3) is 0 Å². The number of unbranched alkanes of at least 4 members (excludes halogenated alkanes) is 6. The Labute approximate surface area is 246 Å². The average Bonchev–Trinajstić information content (AvgIpc) is 2.95. The van der Waals surface area contributed by atoms with E-state index in [0.29, 0.717) is 0 Å². The largest absolute Gasteiger partial charge is 0.372 e. The van der Waals surface area contributed by atoms with Gasteiger partial charge >= 0.3 is 0 Å². The molecular formula is C35H59N3O2. The maximum Gasteiger partial charge on any atom is 0.129 e. The molecule has 2 aromatic rings. The molecule has 0 heterocycles. The van der Waals surface area contributed by atoms with Gasteiger partial charge in [0.05, 0.1) is 0 Å². The lowest BCUT2D eigenvalue weighted by molar-refractivity contribution is -0.00128. The number of nitrogens with one attached hydrogen (secondary N) is 1. The van der Waals surface area contributed by atoms with Gasteiger partial charge in [0.25, 0.3) is 0 Å². The highest BCUT2D eigenvalue weighted by Gasteiger charge is 2.22. The molecular weight excluding hydrogens is 494 g/mol. The third kappa shape index (κ3) is 11.7. The number of nitrogens with zero attached hydrogens (tertiary/aromatic N) is 2. The second-order valence-electron chi connectivity index (χ2n) is 11.1. The topological polar surface area (TPSA) is 37.0 Å². The molecule has 0 radical (unpaired) electrons. The number of rotatable bonds is 22. The number of hydrogen-bond acceptors (Lipinski definition) is 5. The summed E-state index contributed by atoms with van der Waals surface area (Å²) in [5, 5.41) is 3.65. The summed E-state index contributed by atoms with van der Waals surface area (Å²) < 4.78 is 12.4. The molecule has 0 aliphatic heterocycles. The van der Waals surface area contributed by atoms with Gasteiger partial charge in [0.2, 0.25) is 0 Å². The van der Waals surface area contributed by atoms with Crippen molar-refractivity contribution < 1.29 is 9.47 Å². The zero-order valence-corrected chi connectivity index (χ0v) is 26.8. The molecule has 2 rings (SSSR count). The second kappa shape index (κ2) is 19.8. The molecule has 0 fully saturated rings. The minimum atomic E-state index is -0.0608. The maximum absolute atomic E-state index is 6.19. The summed E-state index contributed by atoms with van der Waals surface area (Å²) in [6, 6.07) is 15.5.